The highest BCUT2D eigenvalue weighted by Gasteiger charge is 2.08. The first-order valence-corrected chi connectivity index (χ1v) is 5.62. The van der Waals surface area contributed by atoms with Crippen LogP contribution in [0.3, 0.4) is 0 Å². The fourth-order valence-electron chi connectivity index (χ4n) is 1.26. The van der Waals surface area contributed by atoms with Crippen molar-refractivity contribution in [3.05, 3.63) is 0 Å². The van der Waals surface area contributed by atoms with Crippen LogP contribution in [0.5, 0.6) is 0 Å². The summed E-state index contributed by atoms with van der Waals surface area (Å²) in [6.07, 6.45) is 5.74. The molecule has 0 aliphatic rings. The van der Waals surface area contributed by atoms with E-state index in [1.165, 1.54) is 19.3 Å². The smallest absolute Gasteiger partial charge is 0.403 e. The molecule has 3 heteroatoms. The zero-order valence-electron chi connectivity index (χ0n) is 9.44. The largest absolute Gasteiger partial charge is 0.454 e. The Hall–Kier alpha value is -0.240. The van der Waals surface area contributed by atoms with E-state index in [4.69, 9.17) is 11.6 Å². The summed E-state index contributed by atoms with van der Waals surface area (Å²) < 4.78 is 4.62. The molecule has 0 heterocycles. The Morgan fingerprint density at radius 2 is 1.71 bits per heavy atom. The molecule has 14 heavy (non-hydrogen) atoms. The number of carbonyl (C=O) groups is 1. The highest BCUT2D eigenvalue weighted by Crippen LogP contribution is 2.22. The van der Waals surface area contributed by atoms with Gasteiger partial charge in [0.2, 0.25) is 0 Å². The van der Waals surface area contributed by atoms with Crippen LogP contribution >= 0.6 is 11.6 Å². The van der Waals surface area contributed by atoms with E-state index >= 15 is 0 Å². The lowest BCUT2D eigenvalue weighted by molar-refractivity contribution is 0.170. The minimum Gasteiger partial charge on any atom is -0.454 e. The summed E-state index contributed by atoms with van der Waals surface area (Å²) in [4.78, 5) is 10.2. The standard InChI is InChI=1S/C11H21ClO2/c1-11(2,3)8-6-4-5-7-9-14-10(12)13/h4-9H2,1-3H3. The highest BCUT2D eigenvalue weighted by atomic mass is 35.5. The maximum Gasteiger partial charge on any atom is 0.403 e. The maximum atomic E-state index is 10.2. The molecule has 0 unspecified atom stereocenters. The Kier molecular flexibility index (Phi) is 6.98. The van der Waals surface area contributed by atoms with Gasteiger partial charge in [-0.3, -0.25) is 0 Å². The van der Waals surface area contributed by atoms with Crippen LogP contribution in [0.2, 0.25) is 0 Å². The van der Waals surface area contributed by atoms with E-state index in [0.29, 0.717) is 12.0 Å². The van der Waals surface area contributed by atoms with Gasteiger partial charge in [0.15, 0.2) is 0 Å². The van der Waals surface area contributed by atoms with E-state index in [9.17, 15) is 4.79 Å². The van der Waals surface area contributed by atoms with E-state index in [0.717, 1.165) is 12.8 Å². The van der Waals surface area contributed by atoms with Crippen molar-refractivity contribution in [2.24, 2.45) is 5.41 Å². The monoisotopic (exact) mass is 220 g/mol. The second kappa shape index (κ2) is 7.10. The minimum atomic E-state index is -0.695. The van der Waals surface area contributed by atoms with Crippen molar-refractivity contribution >= 4 is 17.0 Å². The molecule has 0 aromatic carbocycles. The van der Waals surface area contributed by atoms with E-state index in [-0.39, 0.29) is 0 Å². The predicted molar refractivity (Wildman–Crippen MR) is 59.7 cm³/mol. The van der Waals surface area contributed by atoms with Gasteiger partial charge in [-0.15, -0.1) is 0 Å². The third-order valence-corrected chi connectivity index (χ3v) is 2.15. The maximum absolute atomic E-state index is 10.2. The summed E-state index contributed by atoms with van der Waals surface area (Å²) in [5.41, 5.74) is -0.262. The normalized spacial score (nSPS) is 11.4. The summed E-state index contributed by atoms with van der Waals surface area (Å²) in [6.45, 7) is 7.21. The number of ether oxygens (including phenoxy) is 1. The topological polar surface area (TPSA) is 26.3 Å². The SMILES string of the molecule is CC(C)(C)CCCCCCOC(=O)Cl. The van der Waals surface area contributed by atoms with Crippen LogP contribution in [0.1, 0.15) is 52.9 Å². The molecule has 0 aliphatic carbocycles. The van der Waals surface area contributed by atoms with Gasteiger partial charge >= 0.3 is 5.43 Å². The Bertz CT molecular complexity index is 161. The lowest BCUT2D eigenvalue weighted by Crippen LogP contribution is -2.04. The van der Waals surface area contributed by atoms with Crippen molar-refractivity contribution in [3.8, 4) is 0 Å². The summed E-state index contributed by atoms with van der Waals surface area (Å²) in [5.74, 6) is 0. The lowest BCUT2D eigenvalue weighted by atomic mass is 9.89. The first kappa shape index (κ1) is 13.8. The molecule has 0 spiro atoms. The van der Waals surface area contributed by atoms with E-state index in [1.54, 1.807) is 0 Å². The van der Waals surface area contributed by atoms with Gasteiger partial charge in [-0.25, -0.2) is 4.79 Å². The van der Waals surface area contributed by atoms with Gasteiger partial charge in [0.25, 0.3) is 0 Å². The Morgan fingerprint density at radius 1 is 1.14 bits per heavy atom. The summed E-state index contributed by atoms with van der Waals surface area (Å²) >= 11 is 5.02. The first-order chi connectivity index (χ1) is 6.42. The van der Waals surface area contributed by atoms with Gasteiger partial charge in [-0.2, -0.15) is 0 Å². The van der Waals surface area contributed by atoms with Crippen molar-refractivity contribution in [2.45, 2.75) is 52.9 Å². The second-order valence-electron chi connectivity index (χ2n) is 4.81. The zero-order chi connectivity index (χ0) is 11.0. The molecule has 0 aliphatic heterocycles. The Labute approximate surface area is 92.0 Å². The molecule has 0 radical (unpaired) electrons. The van der Waals surface area contributed by atoms with Crippen LogP contribution in [0.15, 0.2) is 0 Å². The molecule has 0 aromatic rings. The molecule has 0 saturated heterocycles. The van der Waals surface area contributed by atoms with Crippen LogP contribution in [-0.2, 0) is 4.74 Å². The number of unbranched alkanes of at least 4 members (excludes halogenated alkanes) is 3. The van der Waals surface area contributed by atoms with Gasteiger partial charge in [0.1, 0.15) is 0 Å². The molecule has 2 nitrogen and oxygen atoms in total. The Morgan fingerprint density at radius 3 is 2.21 bits per heavy atom. The van der Waals surface area contributed by atoms with Crippen LogP contribution in [0, 0.1) is 5.41 Å². The summed E-state index contributed by atoms with van der Waals surface area (Å²) in [6, 6.07) is 0. The molecule has 84 valence electrons. The average Bonchev–Trinajstić information content (AvgIpc) is 2.00. The third kappa shape index (κ3) is 11.8. The van der Waals surface area contributed by atoms with E-state index in [2.05, 4.69) is 25.5 Å². The van der Waals surface area contributed by atoms with Gasteiger partial charge in [-0.05, 0) is 18.3 Å². The van der Waals surface area contributed by atoms with E-state index in [1.807, 2.05) is 0 Å². The lowest BCUT2D eigenvalue weighted by Gasteiger charge is -2.17. The average molecular weight is 221 g/mol. The quantitative estimate of drug-likeness (QED) is 0.491. The molecule has 0 amide bonds. The van der Waals surface area contributed by atoms with Crippen molar-refractivity contribution in [1.82, 2.24) is 0 Å². The van der Waals surface area contributed by atoms with Crippen LogP contribution in [0.4, 0.5) is 4.79 Å². The van der Waals surface area contributed by atoms with Gasteiger partial charge in [0, 0.05) is 11.6 Å². The zero-order valence-corrected chi connectivity index (χ0v) is 10.2. The van der Waals surface area contributed by atoms with Gasteiger partial charge in [-0.1, -0.05) is 40.0 Å². The molecular formula is C11H21ClO2. The molecule has 0 rings (SSSR count). The van der Waals surface area contributed by atoms with Crippen molar-refractivity contribution in [1.29, 1.82) is 0 Å². The molecule has 0 N–H and O–H groups in total. The third-order valence-electron chi connectivity index (χ3n) is 2.04. The van der Waals surface area contributed by atoms with Crippen molar-refractivity contribution in [3.63, 3.8) is 0 Å². The first-order valence-electron chi connectivity index (χ1n) is 5.24. The van der Waals surface area contributed by atoms with Crippen LogP contribution < -0.4 is 0 Å². The number of carbonyl (C=O) groups excluding carboxylic acids is 1. The molecular weight excluding hydrogens is 200 g/mol. The van der Waals surface area contributed by atoms with Gasteiger partial charge < -0.3 is 4.74 Å². The Balaban J connectivity index is 3.11. The number of hydrogen-bond acceptors (Lipinski definition) is 2. The predicted octanol–water partition coefficient (Wildman–Crippen LogP) is 4.36. The van der Waals surface area contributed by atoms with Crippen LogP contribution in [-0.4, -0.2) is 12.0 Å². The van der Waals surface area contributed by atoms with E-state index < -0.39 is 5.43 Å². The van der Waals surface area contributed by atoms with Crippen molar-refractivity contribution < 1.29 is 9.53 Å². The molecule has 0 atom stereocenters. The van der Waals surface area contributed by atoms with Crippen molar-refractivity contribution in [2.75, 3.05) is 6.61 Å². The van der Waals surface area contributed by atoms with Crippen LogP contribution in [0.25, 0.3) is 0 Å². The molecule has 0 aromatic heterocycles. The number of hydrogen-bond donors (Lipinski definition) is 0. The minimum absolute atomic E-state index is 0.433. The molecule has 0 saturated carbocycles. The summed E-state index contributed by atoms with van der Waals surface area (Å²) in [5, 5.41) is 0. The molecule has 0 bridgehead atoms. The number of rotatable bonds is 6. The highest BCUT2D eigenvalue weighted by molar-refractivity contribution is 6.61. The summed E-state index contributed by atoms with van der Waals surface area (Å²) in [7, 11) is 0. The fourth-order valence-corrected chi connectivity index (χ4v) is 1.34. The molecule has 0 fully saturated rings. The fraction of sp³-hybridized carbons (Fsp3) is 0.909. The van der Waals surface area contributed by atoms with Gasteiger partial charge in [0.05, 0.1) is 6.61 Å². The number of halogens is 1. The second-order valence-corrected chi connectivity index (χ2v) is 5.12.